The fourth-order valence-corrected chi connectivity index (χ4v) is 3.82. The zero-order valence-electron chi connectivity index (χ0n) is 11.8. The molecule has 1 heteroatoms. The molecule has 2 fully saturated rings. The highest BCUT2D eigenvalue weighted by atomic mass is 16.5. The van der Waals surface area contributed by atoms with Crippen LogP contribution in [0.25, 0.3) is 0 Å². The van der Waals surface area contributed by atoms with Crippen molar-refractivity contribution >= 4 is 0 Å². The van der Waals surface area contributed by atoms with E-state index in [0.29, 0.717) is 0 Å². The molecule has 0 aromatic carbocycles. The number of ether oxygens (including phenoxy) is 1. The van der Waals surface area contributed by atoms with Crippen molar-refractivity contribution in [2.24, 2.45) is 23.7 Å². The molecule has 1 nitrogen and oxygen atoms in total. The van der Waals surface area contributed by atoms with E-state index >= 15 is 0 Å². The standard InChI is InChI=1S/C16H30O/c1-13-5-3-7-15(9-13)11-17-12-16-8-4-6-14(2)10-16/h13-16H,3-12H2,1-2H3. The average molecular weight is 238 g/mol. The molecule has 2 rings (SSSR count). The van der Waals surface area contributed by atoms with Gasteiger partial charge in [0.15, 0.2) is 0 Å². The minimum absolute atomic E-state index is 0.861. The smallest absolute Gasteiger partial charge is 0.0494 e. The van der Waals surface area contributed by atoms with Crippen LogP contribution >= 0.6 is 0 Å². The van der Waals surface area contributed by atoms with Crippen molar-refractivity contribution in [2.75, 3.05) is 13.2 Å². The van der Waals surface area contributed by atoms with Crippen molar-refractivity contribution < 1.29 is 4.74 Å². The van der Waals surface area contributed by atoms with Crippen molar-refractivity contribution in [1.82, 2.24) is 0 Å². The fourth-order valence-electron chi connectivity index (χ4n) is 3.82. The normalized spacial score (nSPS) is 39.2. The molecule has 2 saturated carbocycles. The Bertz CT molecular complexity index is 192. The molecular formula is C16H30O. The van der Waals surface area contributed by atoms with Crippen LogP contribution in [-0.4, -0.2) is 13.2 Å². The first-order chi connectivity index (χ1) is 8.24. The maximum atomic E-state index is 6.01. The molecular weight excluding hydrogens is 208 g/mol. The Morgan fingerprint density at radius 3 is 1.65 bits per heavy atom. The number of rotatable bonds is 4. The quantitative estimate of drug-likeness (QED) is 0.692. The number of hydrogen-bond donors (Lipinski definition) is 0. The molecule has 0 spiro atoms. The molecule has 2 aliphatic rings. The predicted molar refractivity (Wildman–Crippen MR) is 73.1 cm³/mol. The lowest BCUT2D eigenvalue weighted by Gasteiger charge is -2.29. The molecule has 0 N–H and O–H groups in total. The summed E-state index contributed by atoms with van der Waals surface area (Å²) in [5, 5.41) is 0. The molecule has 0 aromatic rings. The van der Waals surface area contributed by atoms with Gasteiger partial charge in [-0.05, 0) is 49.4 Å². The van der Waals surface area contributed by atoms with Crippen LogP contribution in [0, 0.1) is 23.7 Å². The molecule has 0 heterocycles. The molecule has 0 saturated heterocycles. The molecule has 4 unspecified atom stereocenters. The first-order valence-electron chi connectivity index (χ1n) is 7.81. The van der Waals surface area contributed by atoms with Crippen molar-refractivity contribution in [1.29, 1.82) is 0 Å². The van der Waals surface area contributed by atoms with Gasteiger partial charge in [-0.25, -0.2) is 0 Å². The van der Waals surface area contributed by atoms with E-state index < -0.39 is 0 Å². The highest BCUT2D eigenvalue weighted by Gasteiger charge is 2.21. The number of hydrogen-bond acceptors (Lipinski definition) is 1. The van der Waals surface area contributed by atoms with Gasteiger partial charge in [0.25, 0.3) is 0 Å². The third-order valence-electron chi connectivity index (χ3n) is 4.80. The lowest BCUT2D eigenvalue weighted by atomic mass is 9.82. The molecule has 4 atom stereocenters. The van der Waals surface area contributed by atoms with Gasteiger partial charge in [-0.1, -0.05) is 39.5 Å². The summed E-state index contributed by atoms with van der Waals surface area (Å²) in [6, 6.07) is 0. The Morgan fingerprint density at radius 1 is 0.765 bits per heavy atom. The maximum Gasteiger partial charge on any atom is 0.0494 e. The van der Waals surface area contributed by atoms with Crippen LogP contribution in [0.2, 0.25) is 0 Å². The summed E-state index contributed by atoms with van der Waals surface area (Å²) in [6.07, 6.45) is 11.4. The van der Waals surface area contributed by atoms with Gasteiger partial charge in [0.05, 0.1) is 0 Å². The summed E-state index contributed by atoms with van der Waals surface area (Å²) < 4.78 is 6.01. The van der Waals surface area contributed by atoms with E-state index in [2.05, 4.69) is 13.8 Å². The van der Waals surface area contributed by atoms with E-state index in [0.717, 1.165) is 36.9 Å². The van der Waals surface area contributed by atoms with Gasteiger partial charge in [0, 0.05) is 13.2 Å². The lowest BCUT2D eigenvalue weighted by molar-refractivity contribution is 0.0396. The van der Waals surface area contributed by atoms with Crippen LogP contribution in [0.4, 0.5) is 0 Å². The highest BCUT2D eigenvalue weighted by Crippen LogP contribution is 2.31. The zero-order chi connectivity index (χ0) is 12.1. The summed E-state index contributed by atoms with van der Waals surface area (Å²) in [4.78, 5) is 0. The van der Waals surface area contributed by atoms with Crippen molar-refractivity contribution in [3.8, 4) is 0 Å². The topological polar surface area (TPSA) is 9.23 Å². The lowest BCUT2D eigenvalue weighted by Crippen LogP contribution is -2.22. The first kappa shape index (κ1) is 13.4. The second kappa shape index (κ2) is 6.78. The Balaban J connectivity index is 1.58. The summed E-state index contributed by atoms with van der Waals surface area (Å²) in [5.74, 6) is 3.60. The molecule has 100 valence electrons. The van der Waals surface area contributed by atoms with Crippen LogP contribution < -0.4 is 0 Å². The van der Waals surface area contributed by atoms with Crippen molar-refractivity contribution in [2.45, 2.75) is 65.2 Å². The van der Waals surface area contributed by atoms with Crippen LogP contribution in [0.1, 0.15) is 65.2 Å². The largest absolute Gasteiger partial charge is 0.381 e. The summed E-state index contributed by atoms with van der Waals surface area (Å²) >= 11 is 0. The Kier molecular flexibility index (Phi) is 5.34. The van der Waals surface area contributed by atoms with Crippen molar-refractivity contribution in [3.63, 3.8) is 0 Å². The van der Waals surface area contributed by atoms with Gasteiger partial charge in [-0.15, -0.1) is 0 Å². The third-order valence-corrected chi connectivity index (χ3v) is 4.80. The molecule has 0 aliphatic heterocycles. The minimum atomic E-state index is 0.861. The summed E-state index contributed by atoms with van der Waals surface area (Å²) in [6.45, 7) is 6.87. The SMILES string of the molecule is CC1CCCC(COCC2CCCC(C)C2)C1. The maximum absolute atomic E-state index is 6.01. The molecule has 17 heavy (non-hydrogen) atoms. The van der Waals surface area contributed by atoms with Gasteiger partial charge in [-0.2, -0.15) is 0 Å². The van der Waals surface area contributed by atoms with Crippen molar-refractivity contribution in [3.05, 3.63) is 0 Å². The van der Waals surface area contributed by atoms with Crippen LogP contribution in [0.3, 0.4) is 0 Å². The second-order valence-corrected chi connectivity index (χ2v) is 6.81. The highest BCUT2D eigenvalue weighted by molar-refractivity contribution is 4.72. The van der Waals surface area contributed by atoms with Gasteiger partial charge < -0.3 is 4.74 Å². The molecule has 0 bridgehead atoms. The van der Waals surface area contributed by atoms with Gasteiger partial charge in [-0.3, -0.25) is 0 Å². The van der Waals surface area contributed by atoms with E-state index in [9.17, 15) is 0 Å². The van der Waals surface area contributed by atoms with E-state index in [1.165, 1.54) is 51.4 Å². The second-order valence-electron chi connectivity index (χ2n) is 6.81. The van der Waals surface area contributed by atoms with E-state index in [1.807, 2.05) is 0 Å². The van der Waals surface area contributed by atoms with Crippen LogP contribution in [0.5, 0.6) is 0 Å². The monoisotopic (exact) mass is 238 g/mol. The fraction of sp³-hybridized carbons (Fsp3) is 1.00. The Labute approximate surface area is 107 Å². The predicted octanol–water partition coefficient (Wildman–Crippen LogP) is 4.66. The summed E-state index contributed by atoms with van der Waals surface area (Å²) in [5.41, 5.74) is 0. The molecule has 0 aromatic heterocycles. The molecule has 0 radical (unpaired) electrons. The van der Waals surface area contributed by atoms with Crippen LogP contribution in [0.15, 0.2) is 0 Å². The van der Waals surface area contributed by atoms with Crippen LogP contribution in [-0.2, 0) is 4.74 Å². The van der Waals surface area contributed by atoms with Gasteiger partial charge >= 0.3 is 0 Å². The minimum Gasteiger partial charge on any atom is -0.381 e. The Morgan fingerprint density at radius 2 is 1.24 bits per heavy atom. The first-order valence-corrected chi connectivity index (χ1v) is 7.81. The average Bonchev–Trinajstić information content (AvgIpc) is 2.29. The summed E-state index contributed by atoms with van der Waals surface area (Å²) in [7, 11) is 0. The molecule has 2 aliphatic carbocycles. The Hall–Kier alpha value is -0.0400. The van der Waals surface area contributed by atoms with Gasteiger partial charge in [0.1, 0.15) is 0 Å². The van der Waals surface area contributed by atoms with E-state index in [1.54, 1.807) is 0 Å². The third kappa shape index (κ3) is 4.62. The van der Waals surface area contributed by atoms with E-state index in [-0.39, 0.29) is 0 Å². The zero-order valence-corrected chi connectivity index (χ0v) is 11.8. The van der Waals surface area contributed by atoms with Gasteiger partial charge in [0.2, 0.25) is 0 Å². The van der Waals surface area contributed by atoms with E-state index in [4.69, 9.17) is 4.74 Å². The molecule has 0 amide bonds.